The minimum atomic E-state index is -3.76. The van der Waals surface area contributed by atoms with Gasteiger partial charge in [-0.3, -0.25) is 4.79 Å². The van der Waals surface area contributed by atoms with Crippen LogP contribution in [0.3, 0.4) is 0 Å². The molecule has 0 saturated carbocycles. The van der Waals surface area contributed by atoms with Gasteiger partial charge >= 0.3 is 0 Å². The lowest BCUT2D eigenvalue weighted by atomic mass is 10.1. The first-order chi connectivity index (χ1) is 12.3. The Bertz CT molecular complexity index is 908. The van der Waals surface area contributed by atoms with E-state index in [9.17, 15) is 13.2 Å². The molecule has 2 rings (SSSR count). The number of sulfonamides is 1. The first-order valence-electron chi connectivity index (χ1n) is 8.41. The zero-order valence-electron chi connectivity index (χ0n) is 15.4. The lowest BCUT2D eigenvalue weighted by molar-refractivity contribution is 0.102. The standard InChI is InChI=1S/C19H24N2O4S/c1-5-14-9-7-8-13(3)18(14)21-19(22)15-10-11-16(25-4)17(12-15)26(23,24)20-6-2/h7-12,20H,5-6H2,1-4H3,(H,21,22). The van der Waals surface area contributed by atoms with Crippen molar-refractivity contribution < 1.29 is 17.9 Å². The zero-order chi connectivity index (χ0) is 19.3. The zero-order valence-corrected chi connectivity index (χ0v) is 16.2. The summed E-state index contributed by atoms with van der Waals surface area (Å²) in [5.74, 6) is -0.183. The molecule has 0 aromatic heterocycles. The molecule has 0 atom stereocenters. The van der Waals surface area contributed by atoms with Gasteiger partial charge in [-0.05, 0) is 42.7 Å². The maximum absolute atomic E-state index is 12.7. The molecule has 2 N–H and O–H groups in total. The molecular weight excluding hydrogens is 352 g/mol. The number of carbonyl (C=O) groups is 1. The largest absolute Gasteiger partial charge is 0.495 e. The lowest BCUT2D eigenvalue weighted by Gasteiger charge is -2.14. The Balaban J connectivity index is 2.42. The maximum Gasteiger partial charge on any atom is 0.255 e. The van der Waals surface area contributed by atoms with Crippen LogP contribution in [-0.4, -0.2) is 28.0 Å². The van der Waals surface area contributed by atoms with Crippen molar-refractivity contribution in [1.29, 1.82) is 0 Å². The van der Waals surface area contributed by atoms with Crippen LogP contribution in [0.1, 0.15) is 35.3 Å². The van der Waals surface area contributed by atoms with E-state index in [1.54, 1.807) is 13.0 Å². The number of nitrogens with one attached hydrogen (secondary N) is 2. The van der Waals surface area contributed by atoms with Crippen molar-refractivity contribution in [1.82, 2.24) is 4.72 Å². The summed E-state index contributed by atoms with van der Waals surface area (Å²) in [4.78, 5) is 12.6. The molecule has 0 radical (unpaired) electrons. The van der Waals surface area contributed by atoms with Crippen molar-refractivity contribution in [3.63, 3.8) is 0 Å². The van der Waals surface area contributed by atoms with Gasteiger partial charge in [0, 0.05) is 17.8 Å². The molecule has 0 aliphatic heterocycles. The Morgan fingerprint density at radius 1 is 1.15 bits per heavy atom. The van der Waals surface area contributed by atoms with Crippen LogP contribution in [0.25, 0.3) is 0 Å². The lowest BCUT2D eigenvalue weighted by Crippen LogP contribution is -2.24. The van der Waals surface area contributed by atoms with Crippen molar-refractivity contribution in [3.05, 3.63) is 53.1 Å². The van der Waals surface area contributed by atoms with Crippen LogP contribution in [-0.2, 0) is 16.4 Å². The predicted molar refractivity (Wildman–Crippen MR) is 102 cm³/mol. The Kier molecular flexibility index (Phi) is 6.39. The molecule has 0 heterocycles. The van der Waals surface area contributed by atoms with Gasteiger partial charge in [0.15, 0.2) is 0 Å². The molecule has 0 spiro atoms. The highest BCUT2D eigenvalue weighted by Gasteiger charge is 2.21. The smallest absolute Gasteiger partial charge is 0.255 e. The molecule has 0 aliphatic carbocycles. The second-order valence-electron chi connectivity index (χ2n) is 5.78. The minimum absolute atomic E-state index is 0.0602. The van der Waals surface area contributed by atoms with Crippen molar-refractivity contribution in [2.24, 2.45) is 0 Å². The quantitative estimate of drug-likeness (QED) is 0.778. The first-order valence-corrected chi connectivity index (χ1v) is 9.89. The summed E-state index contributed by atoms with van der Waals surface area (Å²) in [6.45, 7) is 5.86. The summed E-state index contributed by atoms with van der Waals surface area (Å²) < 4.78 is 32.3. The number of hydrogen-bond acceptors (Lipinski definition) is 4. The highest BCUT2D eigenvalue weighted by atomic mass is 32.2. The van der Waals surface area contributed by atoms with Gasteiger partial charge in [-0.2, -0.15) is 0 Å². The van der Waals surface area contributed by atoms with Crippen molar-refractivity contribution in [2.45, 2.75) is 32.1 Å². The molecule has 26 heavy (non-hydrogen) atoms. The number of para-hydroxylation sites is 1. The van der Waals surface area contributed by atoms with E-state index in [0.29, 0.717) is 0 Å². The molecule has 0 saturated heterocycles. The van der Waals surface area contributed by atoms with Crippen LogP contribution in [0.2, 0.25) is 0 Å². The molecule has 0 unspecified atom stereocenters. The number of anilines is 1. The van der Waals surface area contributed by atoms with E-state index in [-0.39, 0.29) is 28.7 Å². The van der Waals surface area contributed by atoms with E-state index in [1.165, 1.54) is 19.2 Å². The normalized spacial score (nSPS) is 11.2. The number of methoxy groups -OCH3 is 1. The van der Waals surface area contributed by atoms with Gasteiger partial charge in [-0.25, -0.2) is 13.1 Å². The van der Waals surface area contributed by atoms with E-state index in [1.807, 2.05) is 32.0 Å². The highest BCUT2D eigenvalue weighted by Crippen LogP contribution is 2.26. The fourth-order valence-electron chi connectivity index (χ4n) is 2.68. The molecule has 0 fully saturated rings. The van der Waals surface area contributed by atoms with Gasteiger partial charge in [-0.1, -0.05) is 32.0 Å². The van der Waals surface area contributed by atoms with E-state index >= 15 is 0 Å². The third-order valence-electron chi connectivity index (χ3n) is 4.03. The van der Waals surface area contributed by atoms with Crippen LogP contribution in [0.4, 0.5) is 5.69 Å². The summed E-state index contributed by atoms with van der Waals surface area (Å²) >= 11 is 0. The topological polar surface area (TPSA) is 84.5 Å². The van der Waals surface area contributed by atoms with E-state index in [0.717, 1.165) is 23.2 Å². The Morgan fingerprint density at radius 2 is 1.88 bits per heavy atom. The van der Waals surface area contributed by atoms with Gasteiger partial charge in [0.2, 0.25) is 10.0 Å². The number of carbonyl (C=O) groups excluding carboxylic acids is 1. The molecule has 6 nitrogen and oxygen atoms in total. The van der Waals surface area contributed by atoms with Gasteiger partial charge in [-0.15, -0.1) is 0 Å². The van der Waals surface area contributed by atoms with Crippen LogP contribution in [0.15, 0.2) is 41.3 Å². The summed E-state index contributed by atoms with van der Waals surface area (Å²) in [7, 11) is -2.37. The molecule has 7 heteroatoms. The second-order valence-corrected chi connectivity index (χ2v) is 7.52. The van der Waals surface area contributed by atoms with E-state index in [4.69, 9.17) is 4.74 Å². The number of aryl methyl sites for hydroxylation is 2. The molecule has 2 aromatic rings. The Morgan fingerprint density at radius 3 is 2.50 bits per heavy atom. The van der Waals surface area contributed by atoms with E-state index < -0.39 is 10.0 Å². The van der Waals surface area contributed by atoms with Crippen LogP contribution in [0.5, 0.6) is 5.75 Å². The number of hydrogen-bond donors (Lipinski definition) is 2. The third-order valence-corrected chi connectivity index (χ3v) is 5.59. The van der Waals surface area contributed by atoms with Crippen molar-refractivity contribution in [2.75, 3.05) is 19.0 Å². The fraction of sp³-hybridized carbons (Fsp3) is 0.316. The highest BCUT2D eigenvalue weighted by molar-refractivity contribution is 7.89. The van der Waals surface area contributed by atoms with Gasteiger partial charge < -0.3 is 10.1 Å². The maximum atomic E-state index is 12.7. The number of ether oxygens (including phenoxy) is 1. The molecule has 1 amide bonds. The van der Waals surface area contributed by atoms with Crippen LogP contribution in [0, 0.1) is 6.92 Å². The minimum Gasteiger partial charge on any atom is -0.495 e. The Labute approximate surface area is 154 Å². The fourth-order valence-corrected chi connectivity index (χ4v) is 3.92. The van der Waals surface area contributed by atoms with Crippen LogP contribution >= 0.6 is 0 Å². The average molecular weight is 376 g/mol. The van der Waals surface area contributed by atoms with Crippen molar-refractivity contribution in [3.8, 4) is 5.75 Å². The number of rotatable bonds is 7. The monoisotopic (exact) mass is 376 g/mol. The Hall–Kier alpha value is -2.38. The molecule has 2 aromatic carbocycles. The molecule has 0 aliphatic rings. The molecular formula is C19H24N2O4S. The molecule has 0 bridgehead atoms. The predicted octanol–water partition coefficient (Wildman–Crippen LogP) is 3.12. The number of amides is 1. The van der Waals surface area contributed by atoms with E-state index in [2.05, 4.69) is 10.0 Å². The summed E-state index contributed by atoms with van der Waals surface area (Å²) in [5.41, 5.74) is 2.97. The van der Waals surface area contributed by atoms with Gasteiger partial charge in [0.05, 0.1) is 7.11 Å². The second kappa shape index (κ2) is 8.33. The summed E-state index contributed by atoms with van der Waals surface area (Å²) in [6, 6.07) is 10.2. The van der Waals surface area contributed by atoms with Gasteiger partial charge in [0.25, 0.3) is 5.91 Å². The average Bonchev–Trinajstić information content (AvgIpc) is 2.62. The summed E-state index contributed by atoms with van der Waals surface area (Å²) in [5, 5.41) is 2.90. The third kappa shape index (κ3) is 4.23. The molecule has 140 valence electrons. The number of benzene rings is 2. The summed E-state index contributed by atoms with van der Waals surface area (Å²) in [6.07, 6.45) is 0.778. The first kappa shape index (κ1) is 19.9. The van der Waals surface area contributed by atoms with Crippen LogP contribution < -0.4 is 14.8 Å². The van der Waals surface area contributed by atoms with Gasteiger partial charge in [0.1, 0.15) is 10.6 Å². The SMILES string of the molecule is CCNS(=O)(=O)c1cc(C(=O)Nc2c(C)cccc2CC)ccc1OC. The van der Waals surface area contributed by atoms with Crippen molar-refractivity contribution >= 4 is 21.6 Å².